The second kappa shape index (κ2) is 8.59. The van der Waals surface area contributed by atoms with Crippen molar-refractivity contribution in [1.29, 1.82) is 0 Å². The summed E-state index contributed by atoms with van der Waals surface area (Å²) in [5.41, 5.74) is 5.03. The number of hydrogen-bond acceptors (Lipinski definition) is 12. The van der Waals surface area contributed by atoms with Crippen LogP contribution in [0.5, 0.6) is 5.88 Å². The lowest BCUT2D eigenvalue weighted by molar-refractivity contribution is -0.166. The van der Waals surface area contributed by atoms with Crippen LogP contribution in [0.2, 0.25) is 0 Å². The lowest BCUT2D eigenvalue weighted by atomic mass is 10.1. The summed E-state index contributed by atoms with van der Waals surface area (Å²) in [5, 5.41) is 4.17. The van der Waals surface area contributed by atoms with E-state index in [-0.39, 0.29) is 29.5 Å². The summed E-state index contributed by atoms with van der Waals surface area (Å²) >= 11 is 0. The van der Waals surface area contributed by atoms with Gasteiger partial charge in [-0.25, -0.2) is 4.68 Å². The monoisotopic (exact) mass is 439 g/mol. The smallest absolute Gasteiger partial charge is 0.303 e. The number of rotatable bonds is 6. The molecule has 0 aromatic carbocycles. The van der Waals surface area contributed by atoms with E-state index in [0.29, 0.717) is 0 Å². The molecule has 1 saturated heterocycles. The van der Waals surface area contributed by atoms with Crippen molar-refractivity contribution in [3.05, 3.63) is 10.4 Å². The van der Waals surface area contributed by atoms with Crippen molar-refractivity contribution in [3.8, 4) is 5.88 Å². The summed E-state index contributed by atoms with van der Waals surface area (Å²) in [6.45, 7) is 3.22. The predicted octanol–water partition coefficient (Wildman–Crippen LogP) is -0.966. The van der Waals surface area contributed by atoms with Gasteiger partial charge in [0.05, 0.1) is 7.11 Å². The minimum atomic E-state index is -1.21. The molecule has 1 aliphatic rings. The molecule has 0 bridgehead atoms. The second-order valence-electron chi connectivity index (χ2n) is 6.62. The summed E-state index contributed by atoms with van der Waals surface area (Å²) in [7, 11) is 1.30. The Hall–Kier alpha value is -3.68. The Morgan fingerprint density at radius 3 is 2.35 bits per heavy atom. The van der Waals surface area contributed by atoms with Gasteiger partial charge in [0.2, 0.25) is 11.8 Å². The van der Waals surface area contributed by atoms with Gasteiger partial charge in [-0.3, -0.25) is 24.2 Å². The molecule has 14 nitrogen and oxygen atoms in total. The van der Waals surface area contributed by atoms with Gasteiger partial charge in [-0.1, -0.05) is 0 Å². The molecule has 0 amide bonds. The van der Waals surface area contributed by atoms with Gasteiger partial charge < -0.3 is 29.4 Å². The van der Waals surface area contributed by atoms with Gasteiger partial charge in [0.1, 0.15) is 18.1 Å². The van der Waals surface area contributed by atoms with E-state index in [1.54, 1.807) is 0 Å². The van der Waals surface area contributed by atoms with Crippen LogP contribution in [0.1, 0.15) is 27.0 Å². The molecule has 3 heterocycles. The van der Waals surface area contributed by atoms with Gasteiger partial charge in [0.25, 0.3) is 5.56 Å². The summed E-state index contributed by atoms with van der Waals surface area (Å²) in [6, 6.07) is 0. The maximum Gasteiger partial charge on any atom is 0.303 e. The number of nitrogens with one attached hydrogen (secondary N) is 1. The number of anilines is 1. The predicted molar refractivity (Wildman–Crippen MR) is 101 cm³/mol. The molecule has 0 unspecified atom stereocenters. The Bertz CT molecular complexity index is 1080. The van der Waals surface area contributed by atoms with E-state index in [0.717, 1.165) is 18.5 Å². The first kappa shape index (κ1) is 22.0. The van der Waals surface area contributed by atoms with E-state index in [9.17, 15) is 19.2 Å². The molecule has 0 aliphatic carbocycles. The first-order valence-corrected chi connectivity index (χ1v) is 9.07. The first-order valence-electron chi connectivity index (χ1n) is 9.07. The van der Waals surface area contributed by atoms with Gasteiger partial charge in [0, 0.05) is 20.8 Å². The zero-order valence-corrected chi connectivity index (χ0v) is 17.1. The summed E-state index contributed by atoms with van der Waals surface area (Å²) in [4.78, 5) is 53.5. The number of fused-ring (bicyclic) bond motifs is 1. The van der Waals surface area contributed by atoms with Crippen molar-refractivity contribution in [2.75, 3.05) is 19.5 Å². The Balaban J connectivity index is 2.13. The fourth-order valence-corrected chi connectivity index (χ4v) is 3.24. The highest BCUT2D eigenvalue weighted by Gasteiger charge is 2.51. The Morgan fingerprint density at radius 2 is 1.77 bits per heavy atom. The van der Waals surface area contributed by atoms with E-state index in [1.165, 1.54) is 14.0 Å². The number of hydrogen-bond donors (Lipinski definition) is 2. The van der Waals surface area contributed by atoms with Crippen LogP contribution in [0, 0.1) is 0 Å². The zero-order chi connectivity index (χ0) is 22.9. The molecule has 3 N–H and O–H groups in total. The normalized spacial score (nSPS) is 22.8. The number of aromatic nitrogens is 4. The van der Waals surface area contributed by atoms with E-state index in [2.05, 4.69) is 15.1 Å². The largest absolute Gasteiger partial charge is 0.479 e. The van der Waals surface area contributed by atoms with Gasteiger partial charge in [0.15, 0.2) is 24.1 Å². The SMILES string of the molecule is COc1nn([C@@H]2O[C@H](COC(C)=O)[C@@H](OC(C)=O)[C@H]2OC(C)=O)c2nc(N)[nH]c(=O)c12. The third-order valence-corrected chi connectivity index (χ3v) is 4.32. The van der Waals surface area contributed by atoms with Crippen molar-refractivity contribution >= 4 is 34.9 Å². The average Bonchev–Trinajstić information content (AvgIpc) is 3.18. The number of ether oxygens (including phenoxy) is 5. The standard InChI is InChI=1S/C17H21N5O9/c1-6(23)28-5-9-11(29-7(2)24)12(30-8(3)25)16(31-9)22-13-10(15(21-22)27-4)14(26)20-17(18)19-13/h9,11-12,16H,5H2,1-4H3,(H3,18,19,20,26)/t9-,11-,12-,16-/m1/s1. The molecule has 168 valence electrons. The topological polar surface area (TPSA) is 187 Å². The maximum absolute atomic E-state index is 12.4. The van der Waals surface area contributed by atoms with Crippen LogP contribution in [-0.4, -0.2) is 69.7 Å². The number of nitrogens with two attached hydrogens (primary N) is 1. The molecule has 0 radical (unpaired) electrons. The molecular weight excluding hydrogens is 418 g/mol. The average molecular weight is 439 g/mol. The molecule has 1 fully saturated rings. The van der Waals surface area contributed by atoms with E-state index in [4.69, 9.17) is 29.4 Å². The molecule has 14 heteroatoms. The molecule has 3 rings (SSSR count). The number of carbonyl (C=O) groups excluding carboxylic acids is 3. The van der Waals surface area contributed by atoms with Crippen LogP contribution in [0.25, 0.3) is 11.0 Å². The molecule has 2 aromatic heterocycles. The van der Waals surface area contributed by atoms with E-state index in [1.807, 2.05) is 0 Å². The third kappa shape index (κ3) is 4.42. The molecular formula is C17H21N5O9. The molecule has 0 saturated carbocycles. The quantitative estimate of drug-likeness (QED) is 0.415. The van der Waals surface area contributed by atoms with Gasteiger partial charge in [-0.15, -0.1) is 5.10 Å². The van der Waals surface area contributed by atoms with Crippen LogP contribution >= 0.6 is 0 Å². The van der Waals surface area contributed by atoms with Crippen LogP contribution in [0.4, 0.5) is 5.95 Å². The Labute approximate surface area is 174 Å². The molecule has 31 heavy (non-hydrogen) atoms. The molecule has 2 aromatic rings. The summed E-state index contributed by atoms with van der Waals surface area (Å²) in [6.07, 6.45) is -4.58. The van der Waals surface area contributed by atoms with Crippen molar-refractivity contribution in [2.24, 2.45) is 0 Å². The highest BCUT2D eigenvalue weighted by atomic mass is 16.7. The van der Waals surface area contributed by atoms with E-state index >= 15 is 0 Å². The van der Waals surface area contributed by atoms with Crippen LogP contribution in [0.3, 0.4) is 0 Å². The number of aromatic amines is 1. The van der Waals surface area contributed by atoms with Crippen molar-refractivity contribution in [1.82, 2.24) is 19.7 Å². The van der Waals surface area contributed by atoms with Gasteiger partial charge >= 0.3 is 17.9 Å². The molecule has 1 aliphatic heterocycles. The minimum absolute atomic E-state index is 0.0186. The van der Waals surface area contributed by atoms with Crippen molar-refractivity contribution in [3.63, 3.8) is 0 Å². The third-order valence-electron chi connectivity index (χ3n) is 4.32. The lowest BCUT2D eigenvalue weighted by Gasteiger charge is -2.23. The number of nitrogen functional groups attached to an aromatic ring is 1. The summed E-state index contributed by atoms with van der Waals surface area (Å²) in [5.74, 6) is -2.25. The van der Waals surface area contributed by atoms with Gasteiger partial charge in [-0.2, -0.15) is 4.98 Å². The second-order valence-corrected chi connectivity index (χ2v) is 6.62. The Morgan fingerprint density at radius 1 is 1.13 bits per heavy atom. The highest BCUT2D eigenvalue weighted by Crippen LogP contribution is 2.36. The van der Waals surface area contributed by atoms with Gasteiger partial charge in [-0.05, 0) is 0 Å². The number of esters is 3. The number of methoxy groups -OCH3 is 1. The number of carbonyl (C=O) groups is 3. The van der Waals surface area contributed by atoms with E-state index < -0.39 is 48.0 Å². The zero-order valence-electron chi connectivity index (χ0n) is 17.1. The van der Waals surface area contributed by atoms with Crippen LogP contribution in [-0.2, 0) is 33.3 Å². The fraction of sp³-hybridized carbons (Fsp3) is 0.529. The number of H-pyrrole nitrogens is 1. The lowest BCUT2D eigenvalue weighted by Crippen LogP contribution is -2.40. The van der Waals surface area contributed by atoms with Crippen LogP contribution in [0.15, 0.2) is 4.79 Å². The highest BCUT2D eigenvalue weighted by molar-refractivity contribution is 5.81. The minimum Gasteiger partial charge on any atom is -0.479 e. The molecule has 4 atom stereocenters. The maximum atomic E-state index is 12.4. The van der Waals surface area contributed by atoms with Crippen LogP contribution < -0.4 is 16.0 Å². The molecule has 0 spiro atoms. The van der Waals surface area contributed by atoms with Crippen molar-refractivity contribution < 1.29 is 38.1 Å². The fourth-order valence-electron chi connectivity index (χ4n) is 3.24. The Kier molecular flexibility index (Phi) is 6.10. The van der Waals surface area contributed by atoms with Crippen molar-refractivity contribution in [2.45, 2.75) is 45.3 Å². The number of nitrogens with zero attached hydrogens (tertiary/aromatic N) is 3. The summed E-state index contributed by atoms with van der Waals surface area (Å²) < 4.78 is 27.8. The first-order chi connectivity index (χ1) is 14.6.